The van der Waals surface area contributed by atoms with Gasteiger partial charge in [-0.15, -0.1) is 0 Å². The maximum atomic E-state index is 2.59. The van der Waals surface area contributed by atoms with Gasteiger partial charge in [0.15, 0.2) is 0 Å². The summed E-state index contributed by atoms with van der Waals surface area (Å²) in [6.07, 6.45) is 10.7. The van der Waals surface area contributed by atoms with Gasteiger partial charge >= 0.3 is 0 Å². The first-order chi connectivity index (χ1) is 8.16. The first kappa shape index (κ1) is 11.3. The average molecular weight is 228 g/mol. The fourth-order valence-corrected chi connectivity index (χ4v) is 4.12. The third kappa shape index (κ3) is 1.82. The van der Waals surface area contributed by atoms with E-state index < -0.39 is 0 Å². The Morgan fingerprint density at radius 3 is 2.59 bits per heavy atom. The van der Waals surface area contributed by atoms with Crippen LogP contribution in [0, 0.1) is 11.8 Å². The minimum Gasteiger partial charge on any atom is -0.0773 e. The van der Waals surface area contributed by atoms with Crippen molar-refractivity contribution in [3.05, 3.63) is 33.9 Å². The molecular weight excluding hydrogens is 204 g/mol. The smallest absolute Gasteiger partial charge is 0.00619 e. The van der Waals surface area contributed by atoms with Crippen molar-refractivity contribution in [3.8, 4) is 0 Å². The van der Waals surface area contributed by atoms with E-state index in [0.717, 1.165) is 11.8 Å². The predicted octanol–water partition coefficient (Wildman–Crippen LogP) is 5.18. The average Bonchev–Trinajstić information content (AvgIpc) is 2.86. The van der Waals surface area contributed by atoms with Gasteiger partial charge in [0.2, 0.25) is 0 Å². The third-order valence-corrected chi connectivity index (χ3v) is 5.19. The highest BCUT2D eigenvalue weighted by atomic mass is 14.4. The van der Waals surface area contributed by atoms with Gasteiger partial charge in [-0.1, -0.05) is 29.7 Å². The SMILES string of the molecule is CC1=C(C2=C[C@@H](C)[C@H]3CCC(C)=C3C2)CCC1. The fourth-order valence-electron chi connectivity index (χ4n) is 4.12. The van der Waals surface area contributed by atoms with Crippen LogP contribution in [0.5, 0.6) is 0 Å². The Morgan fingerprint density at radius 1 is 1.06 bits per heavy atom. The van der Waals surface area contributed by atoms with E-state index in [1.54, 1.807) is 27.9 Å². The maximum Gasteiger partial charge on any atom is -0.00619 e. The van der Waals surface area contributed by atoms with Crippen LogP contribution < -0.4 is 0 Å². The Kier molecular flexibility index (Phi) is 2.77. The largest absolute Gasteiger partial charge is 0.0773 e. The second-order valence-electron chi connectivity index (χ2n) is 6.29. The van der Waals surface area contributed by atoms with Crippen molar-refractivity contribution in [2.75, 3.05) is 0 Å². The molecule has 0 aromatic rings. The van der Waals surface area contributed by atoms with E-state index >= 15 is 0 Å². The number of rotatable bonds is 1. The summed E-state index contributed by atoms with van der Waals surface area (Å²) < 4.78 is 0. The van der Waals surface area contributed by atoms with Crippen molar-refractivity contribution in [1.82, 2.24) is 0 Å². The van der Waals surface area contributed by atoms with Crippen molar-refractivity contribution in [2.24, 2.45) is 11.8 Å². The molecule has 0 aromatic heterocycles. The summed E-state index contributed by atoms with van der Waals surface area (Å²) in [6.45, 7) is 7.13. The summed E-state index contributed by atoms with van der Waals surface area (Å²) in [5.74, 6) is 1.65. The molecule has 0 heterocycles. The van der Waals surface area contributed by atoms with E-state index in [-0.39, 0.29) is 0 Å². The van der Waals surface area contributed by atoms with Gasteiger partial charge < -0.3 is 0 Å². The summed E-state index contributed by atoms with van der Waals surface area (Å²) in [5.41, 5.74) is 8.55. The van der Waals surface area contributed by atoms with Gasteiger partial charge in [-0.3, -0.25) is 0 Å². The highest BCUT2D eigenvalue weighted by molar-refractivity contribution is 5.45. The minimum absolute atomic E-state index is 0.770. The molecule has 3 aliphatic rings. The van der Waals surface area contributed by atoms with Crippen LogP contribution in [0.3, 0.4) is 0 Å². The summed E-state index contributed by atoms with van der Waals surface area (Å²) in [6, 6.07) is 0. The maximum absolute atomic E-state index is 2.59. The topological polar surface area (TPSA) is 0 Å². The minimum atomic E-state index is 0.770. The molecule has 0 bridgehead atoms. The lowest BCUT2D eigenvalue weighted by Crippen LogP contribution is -2.16. The Balaban J connectivity index is 1.95. The molecule has 0 N–H and O–H groups in total. The van der Waals surface area contributed by atoms with E-state index in [1.807, 2.05) is 0 Å². The molecule has 0 spiro atoms. The second-order valence-corrected chi connectivity index (χ2v) is 6.29. The third-order valence-electron chi connectivity index (χ3n) is 5.19. The first-order valence-electron chi connectivity index (χ1n) is 7.25. The molecule has 3 aliphatic carbocycles. The molecule has 0 heteroatoms. The van der Waals surface area contributed by atoms with Crippen LogP contribution in [0.1, 0.15) is 59.3 Å². The normalized spacial score (nSPS) is 33.2. The molecule has 92 valence electrons. The van der Waals surface area contributed by atoms with Crippen LogP contribution >= 0.6 is 0 Å². The van der Waals surface area contributed by atoms with E-state index in [4.69, 9.17) is 0 Å². The Labute approximate surface area is 105 Å². The Hall–Kier alpha value is -0.780. The van der Waals surface area contributed by atoms with Crippen LogP contribution in [0.25, 0.3) is 0 Å². The van der Waals surface area contributed by atoms with Gasteiger partial charge in [-0.25, -0.2) is 0 Å². The van der Waals surface area contributed by atoms with Gasteiger partial charge in [0.25, 0.3) is 0 Å². The number of allylic oxidation sites excluding steroid dienone is 6. The monoisotopic (exact) mass is 228 g/mol. The van der Waals surface area contributed by atoms with Crippen molar-refractivity contribution in [3.63, 3.8) is 0 Å². The van der Waals surface area contributed by atoms with E-state index in [2.05, 4.69) is 26.8 Å². The summed E-state index contributed by atoms with van der Waals surface area (Å²) >= 11 is 0. The van der Waals surface area contributed by atoms with Crippen molar-refractivity contribution < 1.29 is 0 Å². The van der Waals surface area contributed by atoms with Gasteiger partial charge in [-0.2, -0.15) is 0 Å². The van der Waals surface area contributed by atoms with E-state index in [0.29, 0.717) is 0 Å². The zero-order valence-corrected chi connectivity index (χ0v) is 11.5. The van der Waals surface area contributed by atoms with E-state index in [1.165, 1.54) is 38.5 Å². The van der Waals surface area contributed by atoms with Crippen LogP contribution in [0.15, 0.2) is 33.9 Å². The molecule has 0 saturated heterocycles. The standard InChI is InChI=1S/C17H24/c1-11-5-4-6-15(11)14-9-13(3)16-8-7-12(2)17(16)10-14/h9,13,16H,4-8,10H2,1-3H3/t13-,16-/m1/s1. The van der Waals surface area contributed by atoms with Crippen LogP contribution in [-0.4, -0.2) is 0 Å². The quantitative estimate of drug-likeness (QED) is 0.542. The van der Waals surface area contributed by atoms with Crippen molar-refractivity contribution >= 4 is 0 Å². The van der Waals surface area contributed by atoms with Crippen LogP contribution in [0.4, 0.5) is 0 Å². The molecule has 3 rings (SSSR count). The number of hydrogen-bond acceptors (Lipinski definition) is 0. The zero-order chi connectivity index (χ0) is 12.0. The summed E-state index contributed by atoms with van der Waals surface area (Å²) in [7, 11) is 0. The lowest BCUT2D eigenvalue weighted by Gasteiger charge is -2.29. The van der Waals surface area contributed by atoms with E-state index in [9.17, 15) is 0 Å². The summed E-state index contributed by atoms with van der Waals surface area (Å²) in [4.78, 5) is 0. The molecule has 0 aromatic carbocycles. The molecule has 17 heavy (non-hydrogen) atoms. The zero-order valence-electron chi connectivity index (χ0n) is 11.5. The molecule has 0 aliphatic heterocycles. The molecule has 0 nitrogen and oxygen atoms in total. The van der Waals surface area contributed by atoms with Gasteiger partial charge in [0.1, 0.15) is 0 Å². The Bertz CT molecular complexity index is 431. The highest BCUT2D eigenvalue weighted by Crippen LogP contribution is 2.47. The lowest BCUT2D eigenvalue weighted by atomic mass is 9.76. The van der Waals surface area contributed by atoms with Crippen LogP contribution in [-0.2, 0) is 0 Å². The number of hydrogen-bond donors (Lipinski definition) is 0. The van der Waals surface area contributed by atoms with Crippen LogP contribution in [0.2, 0.25) is 0 Å². The Morgan fingerprint density at radius 2 is 1.88 bits per heavy atom. The second kappa shape index (κ2) is 4.15. The molecular formula is C17H24. The predicted molar refractivity (Wildman–Crippen MR) is 73.8 cm³/mol. The van der Waals surface area contributed by atoms with Crippen molar-refractivity contribution in [2.45, 2.75) is 59.3 Å². The molecule has 2 atom stereocenters. The molecule has 0 amide bonds. The lowest BCUT2D eigenvalue weighted by molar-refractivity contribution is 0.458. The fraction of sp³-hybridized carbons (Fsp3) is 0.647. The molecule has 0 fully saturated rings. The van der Waals surface area contributed by atoms with Gasteiger partial charge in [-0.05, 0) is 75.4 Å². The van der Waals surface area contributed by atoms with Gasteiger partial charge in [0.05, 0.1) is 0 Å². The van der Waals surface area contributed by atoms with Crippen molar-refractivity contribution in [1.29, 1.82) is 0 Å². The molecule has 0 saturated carbocycles. The van der Waals surface area contributed by atoms with Gasteiger partial charge in [0, 0.05) is 0 Å². The molecule has 0 unspecified atom stereocenters. The summed E-state index contributed by atoms with van der Waals surface area (Å²) in [5, 5.41) is 0. The number of fused-ring (bicyclic) bond motifs is 1. The first-order valence-corrected chi connectivity index (χ1v) is 7.25. The molecule has 0 radical (unpaired) electrons. The highest BCUT2D eigenvalue weighted by Gasteiger charge is 2.32.